The number of nitrogens with one attached hydrogen (secondary N) is 1. The Kier molecular flexibility index (Phi) is 5.27. The Morgan fingerprint density at radius 3 is 2.81 bits per heavy atom. The van der Waals surface area contributed by atoms with Crippen LogP contribution in [0.1, 0.15) is 24.1 Å². The molecular weight excluding hydrogens is 343 g/mol. The van der Waals surface area contributed by atoms with Crippen molar-refractivity contribution in [1.29, 1.82) is 0 Å². The number of carboxylic acid groups (broad SMARTS) is 1. The van der Waals surface area contributed by atoms with E-state index in [0.717, 1.165) is 0 Å². The molecule has 2 N–H and O–H groups in total. The van der Waals surface area contributed by atoms with E-state index in [2.05, 4.69) is 15.6 Å². The van der Waals surface area contributed by atoms with Gasteiger partial charge in [0.1, 0.15) is 18.1 Å². The third-order valence-corrected chi connectivity index (χ3v) is 4.47. The summed E-state index contributed by atoms with van der Waals surface area (Å²) in [6.45, 7) is 0.638. The van der Waals surface area contributed by atoms with Crippen molar-refractivity contribution in [3.63, 3.8) is 0 Å². The highest BCUT2D eigenvalue weighted by Gasteiger charge is 2.41. The van der Waals surface area contributed by atoms with Gasteiger partial charge in [0.2, 0.25) is 5.91 Å². The molecule has 0 aliphatic carbocycles. The van der Waals surface area contributed by atoms with Crippen LogP contribution in [-0.2, 0) is 32.8 Å². The lowest BCUT2D eigenvalue weighted by atomic mass is 9.73. The number of aromatic nitrogens is 3. The van der Waals surface area contributed by atoms with Gasteiger partial charge in [0.05, 0.1) is 18.2 Å². The van der Waals surface area contributed by atoms with Crippen LogP contribution in [0.3, 0.4) is 0 Å². The van der Waals surface area contributed by atoms with Gasteiger partial charge in [-0.3, -0.25) is 9.59 Å². The number of hydrogen-bond acceptors (Lipinski definition) is 5. The van der Waals surface area contributed by atoms with Crippen LogP contribution < -0.4 is 5.32 Å². The lowest BCUT2D eigenvalue weighted by Gasteiger charge is -2.36. The minimum atomic E-state index is -1.03. The Hall–Kier alpha value is -2.81. The normalized spacial score (nSPS) is 16.2. The molecule has 1 saturated heterocycles. The summed E-state index contributed by atoms with van der Waals surface area (Å²) in [7, 11) is 0. The molecule has 0 spiro atoms. The van der Waals surface area contributed by atoms with E-state index in [1.165, 1.54) is 23.0 Å². The van der Waals surface area contributed by atoms with E-state index in [4.69, 9.17) is 9.84 Å². The second kappa shape index (κ2) is 7.61. The molecule has 3 rings (SSSR count). The topological polar surface area (TPSA) is 106 Å². The summed E-state index contributed by atoms with van der Waals surface area (Å²) in [6.07, 6.45) is 2.37. The number of carbonyl (C=O) groups is 2. The Morgan fingerprint density at radius 2 is 2.12 bits per heavy atom. The standard InChI is InChI=1S/C17H19FN4O4/c18-13-3-1-2-12(8-13)17(4-6-26-7-5-17)16(25)19-9-14-10-22(21-20-14)11-15(23)24/h1-3,8,10H,4-7,9,11H2,(H,19,25)(H,23,24). The SMILES string of the molecule is O=C(O)Cn1cc(CNC(=O)C2(c3cccc(F)c3)CCOCC2)nn1. The minimum absolute atomic E-state index is 0.108. The maximum atomic E-state index is 13.7. The van der Waals surface area contributed by atoms with Crippen molar-refractivity contribution in [2.45, 2.75) is 31.3 Å². The first-order valence-electron chi connectivity index (χ1n) is 8.22. The van der Waals surface area contributed by atoms with Gasteiger partial charge in [0.15, 0.2) is 0 Å². The van der Waals surface area contributed by atoms with Gasteiger partial charge in [0, 0.05) is 13.2 Å². The predicted molar refractivity (Wildman–Crippen MR) is 87.6 cm³/mol. The smallest absolute Gasteiger partial charge is 0.325 e. The number of benzene rings is 1. The molecule has 9 heteroatoms. The Balaban J connectivity index is 1.74. The number of ether oxygens (including phenoxy) is 1. The third-order valence-electron chi connectivity index (χ3n) is 4.47. The molecule has 0 bridgehead atoms. The molecule has 0 atom stereocenters. The molecule has 0 radical (unpaired) electrons. The molecule has 1 aromatic heterocycles. The maximum absolute atomic E-state index is 13.7. The second-order valence-corrected chi connectivity index (χ2v) is 6.19. The van der Waals surface area contributed by atoms with Gasteiger partial charge in [-0.2, -0.15) is 0 Å². The summed E-state index contributed by atoms with van der Waals surface area (Å²) < 4.78 is 20.2. The number of aliphatic carboxylic acids is 1. The first-order chi connectivity index (χ1) is 12.5. The van der Waals surface area contributed by atoms with E-state index in [1.807, 2.05) is 0 Å². The number of carboxylic acids is 1. The van der Waals surface area contributed by atoms with Crippen LogP contribution in [0.2, 0.25) is 0 Å². The fraction of sp³-hybridized carbons (Fsp3) is 0.412. The molecule has 1 aliphatic heterocycles. The molecule has 1 aliphatic rings. The Labute approximate surface area is 149 Å². The van der Waals surface area contributed by atoms with Gasteiger partial charge in [-0.1, -0.05) is 17.3 Å². The van der Waals surface area contributed by atoms with E-state index < -0.39 is 17.2 Å². The van der Waals surface area contributed by atoms with Crippen LogP contribution in [0, 0.1) is 5.82 Å². The number of hydrogen-bond donors (Lipinski definition) is 2. The van der Waals surface area contributed by atoms with E-state index in [0.29, 0.717) is 37.3 Å². The second-order valence-electron chi connectivity index (χ2n) is 6.19. The van der Waals surface area contributed by atoms with Crippen LogP contribution in [0.25, 0.3) is 0 Å². The van der Waals surface area contributed by atoms with Crippen molar-refractivity contribution in [2.75, 3.05) is 13.2 Å². The third kappa shape index (κ3) is 3.88. The van der Waals surface area contributed by atoms with Gasteiger partial charge in [-0.15, -0.1) is 5.10 Å². The minimum Gasteiger partial charge on any atom is -0.480 e. The van der Waals surface area contributed by atoms with E-state index in [1.54, 1.807) is 12.1 Å². The Bertz CT molecular complexity index is 802. The van der Waals surface area contributed by atoms with Crippen LogP contribution in [0.4, 0.5) is 4.39 Å². The molecule has 1 amide bonds. The van der Waals surface area contributed by atoms with Crippen molar-refractivity contribution in [3.8, 4) is 0 Å². The molecule has 1 aromatic carbocycles. The van der Waals surface area contributed by atoms with E-state index in [9.17, 15) is 14.0 Å². The molecule has 2 heterocycles. The van der Waals surface area contributed by atoms with E-state index >= 15 is 0 Å². The zero-order chi connectivity index (χ0) is 18.6. The quantitative estimate of drug-likeness (QED) is 0.790. The molecule has 0 saturated carbocycles. The summed E-state index contributed by atoms with van der Waals surface area (Å²) in [5, 5.41) is 19.1. The molecule has 8 nitrogen and oxygen atoms in total. The monoisotopic (exact) mass is 362 g/mol. The molecule has 0 unspecified atom stereocenters. The van der Waals surface area contributed by atoms with Gasteiger partial charge in [-0.05, 0) is 30.5 Å². The van der Waals surface area contributed by atoms with Crippen molar-refractivity contribution >= 4 is 11.9 Å². The van der Waals surface area contributed by atoms with Crippen molar-refractivity contribution in [3.05, 3.63) is 47.5 Å². The fourth-order valence-corrected chi connectivity index (χ4v) is 3.13. The van der Waals surface area contributed by atoms with Gasteiger partial charge >= 0.3 is 5.97 Å². The fourth-order valence-electron chi connectivity index (χ4n) is 3.13. The van der Waals surface area contributed by atoms with Crippen molar-refractivity contribution in [1.82, 2.24) is 20.3 Å². The first kappa shape index (κ1) is 18.0. The maximum Gasteiger partial charge on any atom is 0.325 e. The van der Waals surface area contributed by atoms with E-state index in [-0.39, 0.29) is 19.0 Å². The zero-order valence-electron chi connectivity index (χ0n) is 14.0. The highest BCUT2D eigenvalue weighted by atomic mass is 19.1. The molecule has 2 aromatic rings. The summed E-state index contributed by atoms with van der Waals surface area (Å²) in [6, 6.07) is 6.06. The highest BCUT2D eigenvalue weighted by molar-refractivity contribution is 5.88. The zero-order valence-corrected chi connectivity index (χ0v) is 14.0. The van der Waals surface area contributed by atoms with Crippen LogP contribution in [-0.4, -0.2) is 45.2 Å². The van der Waals surface area contributed by atoms with Gasteiger partial charge in [0.25, 0.3) is 0 Å². The summed E-state index contributed by atoms with van der Waals surface area (Å²) in [5.41, 5.74) is 0.200. The lowest BCUT2D eigenvalue weighted by Crippen LogP contribution is -2.47. The number of nitrogens with zero attached hydrogens (tertiary/aromatic N) is 3. The van der Waals surface area contributed by atoms with Crippen LogP contribution in [0.15, 0.2) is 30.5 Å². The number of amides is 1. The van der Waals surface area contributed by atoms with Gasteiger partial charge in [-0.25, -0.2) is 9.07 Å². The van der Waals surface area contributed by atoms with Crippen molar-refractivity contribution < 1.29 is 23.8 Å². The van der Waals surface area contributed by atoms with Gasteiger partial charge < -0.3 is 15.2 Å². The van der Waals surface area contributed by atoms with Crippen molar-refractivity contribution in [2.24, 2.45) is 0 Å². The Morgan fingerprint density at radius 1 is 1.35 bits per heavy atom. The highest BCUT2D eigenvalue weighted by Crippen LogP contribution is 2.35. The van der Waals surface area contributed by atoms with Crippen LogP contribution >= 0.6 is 0 Å². The molecule has 138 valence electrons. The molecule has 1 fully saturated rings. The molecular formula is C17H19FN4O4. The summed E-state index contributed by atoms with van der Waals surface area (Å²) in [5.74, 6) is -1.66. The number of rotatable bonds is 6. The number of halogens is 1. The molecule has 26 heavy (non-hydrogen) atoms. The van der Waals surface area contributed by atoms with Crippen LogP contribution in [0.5, 0.6) is 0 Å². The summed E-state index contributed by atoms with van der Waals surface area (Å²) in [4.78, 5) is 23.6. The first-order valence-corrected chi connectivity index (χ1v) is 8.22. The number of carbonyl (C=O) groups excluding carboxylic acids is 1. The summed E-state index contributed by atoms with van der Waals surface area (Å²) >= 11 is 0. The largest absolute Gasteiger partial charge is 0.480 e. The predicted octanol–water partition coefficient (Wildman–Crippen LogP) is 0.866. The lowest BCUT2D eigenvalue weighted by molar-refractivity contribution is -0.138. The average molecular weight is 362 g/mol. The average Bonchev–Trinajstić information content (AvgIpc) is 3.07.